The van der Waals surface area contributed by atoms with Crippen LogP contribution < -0.4 is 5.32 Å². The van der Waals surface area contributed by atoms with Crippen molar-refractivity contribution in [3.63, 3.8) is 0 Å². The Kier molecular flexibility index (Phi) is 7.25. The van der Waals surface area contributed by atoms with Crippen LogP contribution in [0.4, 0.5) is 11.4 Å². The third-order valence-electron chi connectivity index (χ3n) is 6.01. The summed E-state index contributed by atoms with van der Waals surface area (Å²) < 4.78 is 27.5. The Balaban J connectivity index is 1.50. The molecule has 0 unspecified atom stereocenters. The van der Waals surface area contributed by atoms with Crippen LogP contribution in [0.25, 0.3) is 0 Å². The first-order valence-corrected chi connectivity index (χ1v) is 12.6. The van der Waals surface area contributed by atoms with Gasteiger partial charge in [0.05, 0.1) is 9.82 Å². The van der Waals surface area contributed by atoms with Gasteiger partial charge in [-0.15, -0.1) is 0 Å². The average Bonchev–Trinajstić information content (AvgIpc) is 2.86. The monoisotopic (exact) mass is 494 g/mol. The van der Waals surface area contributed by atoms with Crippen LogP contribution in [-0.4, -0.2) is 54.6 Å². The molecule has 0 bridgehead atoms. The number of nitro groups is 1. The Hall–Kier alpha value is -3.60. The molecule has 0 spiro atoms. The van der Waals surface area contributed by atoms with Gasteiger partial charge in [-0.05, 0) is 36.8 Å². The van der Waals surface area contributed by atoms with Crippen molar-refractivity contribution in [1.29, 1.82) is 0 Å². The van der Waals surface area contributed by atoms with E-state index in [4.69, 9.17) is 0 Å². The van der Waals surface area contributed by atoms with E-state index in [0.29, 0.717) is 18.8 Å². The number of aryl methyl sites for hydroxylation is 1. The second-order valence-corrected chi connectivity index (χ2v) is 10.3. The molecular formula is C25H26N4O5S. The minimum Gasteiger partial charge on any atom is -0.324 e. The normalized spacial score (nSPS) is 15.9. The number of benzene rings is 3. The lowest BCUT2D eigenvalue weighted by Crippen LogP contribution is -2.51. The van der Waals surface area contributed by atoms with Crippen LogP contribution in [0, 0.1) is 17.0 Å². The number of rotatable bonds is 7. The zero-order valence-electron chi connectivity index (χ0n) is 19.2. The number of hydrogen-bond donors (Lipinski definition) is 1. The highest BCUT2D eigenvalue weighted by atomic mass is 32.2. The Morgan fingerprint density at radius 2 is 1.51 bits per heavy atom. The fourth-order valence-electron chi connectivity index (χ4n) is 4.10. The van der Waals surface area contributed by atoms with Gasteiger partial charge >= 0.3 is 0 Å². The first kappa shape index (κ1) is 24.5. The van der Waals surface area contributed by atoms with Crippen LogP contribution in [0.5, 0.6) is 0 Å². The van der Waals surface area contributed by atoms with E-state index in [9.17, 15) is 23.3 Å². The number of anilines is 1. The van der Waals surface area contributed by atoms with E-state index in [-0.39, 0.29) is 29.6 Å². The minimum atomic E-state index is -3.81. The molecule has 1 aliphatic heterocycles. The quantitative estimate of drug-likeness (QED) is 0.397. The van der Waals surface area contributed by atoms with Crippen molar-refractivity contribution in [2.75, 3.05) is 31.5 Å². The molecule has 10 heteroatoms. The van der Waals surface area contributed by atoms with Crippen molar-refractivity contribution in [2.45, 2.75) is 17.9 Å². The van der Waals surface area contributed by atoms with E-state index in [2.05, 4.69) is 5.32 Å². The number of sulfonamides is 1. The topological polar surface area (TPSA) is 113 Å². The standard InChI is InChI=1S/C25H26N4O5S/c1-19-7-9-21(10-8-19)26-25(30)24(20-5-3-2-4-6-20)27-15-17-28(18-16-27)35(33,34)23-13-11-22(12-14-23)29(31)32/h2-14,24H,15-18H2,1H3,(H,26,30)/t24-/m0/s1. The van der Waals surface area contributed by atoms with Gasteiger partial charge in [0, 0.05) is 44.0 Å². The average molecular weight is 495 g/mol. The molecule has 1 atom stereocenters. The molecule has 3 aromatic rings. The maximum Gasteiger partial charge on any atom is 0.269 e. The van der Waals surface area contributed by atoms with Crippen molar-refractivity contribution in [3.8, 4) is 0 Å². The summed E-state index contributed by atoms with van der Waals surface area (Å²) in [6, 6.07) is 21.2. The second-order valence-electron chi connectivity index (χ2n) is 8.36. The van der Waals surface area contributed by atoms with Crippen molar-refractivity contribution in [2.24, 2.45) is 0 Å². The maximum absolute atomic E-state index is 13.3. The zero-order valence-corrected chi connectivity index (χ0v) is 20.0. The van der Waals surface area contributed by atoms with Crippen LogP contribution in [-0.2, 0) is 14.8 Å². The van der Waals surface area contributed by atoms with E-state index >= 15 is 0 Å². The zero-order chi connectivity index (χ0) is 25.0. The lowest BCUT2D eigenvalue weighted by molar-refractivity contribution is -0.384. The highest BCUT2D eigenvalue weighted by molar-refractivity contribution is 7.89. The van der Waals surface area contributed by atoms with Gasteiger partial charge in [0.2, 0.25) is 15.9 Å². The molecule has 35 heavy (non-hydrogen) atoms. The molecule has 3 aromatic carbocycles. The number of nitrogens with zero attached hydrogens (tertiary/aromatic N) is 3. The highest BCUT2D eigenvalue weighted by Gasteiger charge is 2.34. The molecule has 0 aromatic heterocycles. The fourth-order valence-corrected chi connectivity index (χ4v) is 5.52. The van der Waals surface area contributed by atoms with Crippen molar-refractivity contribution < 1.29 is 18.1 Å². The highest BCUT2D eigenvalue weighted by Crippen LogP contribution is 2.27. The molecule has 1 aliphatic rings. The van der Waals surface area contributed by atoms with Crippen LogP contribution in [0.3, 0.4) is 0 Å². The Morgan fingerprint density at radius 1 is 0.914 bits per heavy atom. The molecule has 9 nitrogen and oxygen atoms in total. The van der Waals surface area contributed by atoms with E-state index < -0.39 is 21.0 Å². The first-order valence-electron chi connectivity index (χ1n) is 11.2. The number of amides is 1. The van der Waals surface area contributed by atoms with Gasteiger partial charge in [0.15, 0.2) is 0 Å². The predicted molar refractivity (Wildman–Crippen MR) is 132 cm³/mol. The Labute approximate surface area is 204 Å². The summed E-state index contributed by atoms with van der Waals surface area (Å²) in [5.74, 6) is -0.188. The van der Waals surface area contributed by atoms with Gasteiger partial charge in [-0.1, -0.05) is 48.0 Å². The van der Waals surface area contributed by atoms with Crippen molar-refractivity contribution in [1.82, 2.24) is 9.21 Å². The van der Waals surface area contributed by atoms with Crippen LogP contribution >= 0.6 is 0 Å². The van der Waals surface area contributed by atoms with Crippen molar-refractivity contribution in [3.05, 3.63) is 100 Å². The number of carbonyl (C=O) groups is 1. The maximum atomic E-state index is 13.3. The molecule has 0 radical (unpaired) electrons. The lowest BCUT2D eigenvalue weighted by atomic mass is 10.0. The van der Waals surface area contributed by atoms with E-state index in [1.54, 1.807) is 0 Å². The molecule has 1 saturated heterocycles. The Bertz CT molecular complexity index is 1290. The summed E-state index contributed by atoms with van der Waals surface area (Å²) in [6.07, 6.45) is 0. The van der Waals surface area contributed by atoms with Crippen LogP contribution in [0.15, 0.2) is 83.8 Å². The Morgan fingerprint density at radius 3 is 2.09 bits per heavy atom. The number of nitrogens with one attached hydrogen (secondary N) is 1. The third kappa shape index (κ3) is 5.56. The molecule has 1 N–H and O–H groups in total. The minimum absolute atomic E-state index is 0.00766. The summed E-state index contributed by atoms with van der Waals surface area (Å²) in [7, 11) is -3.81. The van der Waals surface area contributed by atoms with Crippen molar-refractivity contribution >= 4 is 27.3 Å². The number of non-ortho nitro benzene ring substituents is 1. The SMILES string of the molecule is Cc1ccc(NC(=O)[C@H](c2ccccc2)N2CCN(S(=O)(=O)c3ccc([N+](=O)[O-])cc3)CC2)cc1. The summed E-state index contributed by atoms with van der Waals surface area (Å²) >= 11 is 0. The molecule has 1 heterocycles. The number of hydrogen-bond acceptors (Lipinski definition) is 6. The van der Waals surface area contributed by atoms with Gasteiger partial charge in [0.25, 0.3) is 5.69 Å². The first-order chi connectivity index (χ1) is 16.8. The molecule has 1 fully saturated rings. The molecule has 0 aliphatic carbocycles. The third-order valence-corrected chi connectivity index (χ3v) is 7.92. The van der Waals surface area contributed by atoms with E-state index in [0.717, 1.165) is 11.1 Å². The smallest absolute Gasteiger partial charge is 0.269 e. The fraction of sp³-hybridized carbons (Fsp3) is 0.240. The summed E-state index contributed by atoms with van der Waals surface area (Å²) in [5.41, 5.74) is 2.44. The summed E-state index contributed by atoms with van der Waals surface area (Å²) in [6.45, 7) is 3.07. The number of nitro benzene ring substituents is 1. The molecule has 4 rings (SSSR count). The predicted octanol–water partition coefficient (Wildman–Crippen LogP) is 3.59. The van der Waals surface area contributed by atoms with E-state index in [1.165, 1.54) is 28.6 Å². The molecule has 1 amide bonds. The molecular weight excluding hydrogens is 468 g/mol. The molecule has 182 valence electrons. The largest absolute Gasteiger partial charge is 0.324 e. The summed E-state index contributed by atoms with van der Waals surface area (Å²) in [5, 5.41) is 13.9. The van der Waals surface area contributed by atoms with Gasteiger partial charge in [-0.3, -0.25) is 19.8 Å². The second kappa shape index (κ2) is 10.3. The van der Waals surface area contributed by atoms with Gasteiger partial charge < -0.3 is 5.32 Å². The van der Waals surface area contributed by atoms with Gasteiger partial charge in [0.1, 0.15) is 6.04 Å². The van der Waals surface area contributed by atoms with Gasteiger partial charge in [-0.25, -0.2) is 8.42 Å². The lowest BCUT2D eigenvalue weighted by Gasteiger charge is -2.38. The molecule has 0 saturated carbocycles. The summed E-state index contributed by atoms with van der Waals surface area (Å²) in [4.78, 5) is 25.6. The van der Waals surface area contributed by atoms with Crippen LogP contribution in [0.1, 0.15) is 17.2 Å². The number of piperazine rings is 1. The number of carbonyl (C=O) groups excluding carboxylic acids is 1. The van der Waals surface area contributed by atoms with Gasteiger partial charge in [-0.2, -0.15) is 4.31 Å². The van der Waals surface area contributed by atoms with E-state index in [1.807, 2.05) is 66.4 Å². The van der Waals surface area contributed by atoms with Crippen LogP contribution in [0.2, 0.25) is 0 Å².